The van der Waals surface area contributed by atoms with E-state index in [1.165, 1.54) is 30.9 Å². The van der Waals surface area contributed by atoms with Crippen LogP contribution in [-0.4, -0.2) is 42.2 Å². The third kappa shape index (κ3) is 5.31. The average molecular weight is 580 g/mol. The van der Waals surface area contributed by atoms with Crippen molar-refractivity contribution in [3.8, 4) is 23.0 Å². The molecule has 1 fully saturated rings. The van der Waals surface area contributed by atoms with E-state index in [2.05, 4.69) is 10.3 Å². The molecular formula is C32H25N3O6S. The lowest BCUT2D eigenvalue weighted by Crippen LogP contribution is -2.31. The minimum Gasteiger partial charge on any atom is -0.493 e. The van der Waals surface area contributed by atoms with E-state index < -0.39 is 5.25 Å². The number of hydrogen-bond acceptors (Lipinski definition) is 8. The van der Waals surface area contributed by atoms with E-state index >= 15 is 0 Å². The number of nitrogens with zero attached hydrogens (tertiary/aromatic N) is 2. The van der Waals surface area contributed by atoms with Gasteiger partial charge in [-0.1, -0.05) is 12.1 Å². The van der Waals surface area contributed by atoms with Crippen LogP contribution < -0.4 is 19.7 Å². The van der Waals surface area contributed by atoms with E-state index in [4.69, 9.17) is 13.9 Å². The van der Waals surface area contributed by atoms with Crippen molar-refractivity contribution >= 4 is 52.0 Å². The SMILES string of the molecule is COc1ccc(C(=O)Nc2ccc(SC3CC(=O)N(c4ccc(-c5nc6ccccc6o5)cc4)C3=O)cc2)cc1OC. The maximum absolute atomic E-state index is 13.2. The standard InChI is InChI=1S/C32H25N3O6S/c1-39-26-16-9-20(17-27(26)40-2)30(37)33-21-10-14-23(15-11-21)42-28-18-29(36)35(32(28)38)22-12-7-19(8-13-22)31-34-24-5-3-4-6-25(24)41-31/h3-17,28H,18H2,1-2H3,(H,33,37). The summed E-state index contributed by atoms with van der Waals surface area (Å²) in [7, 11) is 3.04. The summed E-state index contributed by atoms with van der Waals surface area (Å²) in [5.41, 5.74) is 3.71. The second-order valence-corrected chi connectivity index (χ2v) is 10.7. The summed E-state index contributed by atoms with van der Waals surface area (Å²) in [6, 6.07) is 26.6. The maximum Gasteiger partial charge on any atom is 0.255 e. The summed E-state index contributed by atoms with van der Waals surface area (Å²) in [5, 5.41) is 2.30. The lowest BCUT2D eigenvalue weighted by molar-refractivity contribution is -0.121. The van der Waals surface area contributed by atoms with Crippen LogP contribution in [0, 0.1) is 0 Å². The number of carbonyl (C=O) groups is 3. The predicted octanol–water partition coefficient (Wildman–Crippen LogP) is 6.19. The molecule has 0 radical (unpaired) electrons. The fraction of sp³-hybridized carbons (Fsp3) is 0.125. The lowest BCUT2D eigenvalue weighted by Gasteiger charge is -2.15. The molecule has 1 saturated heterocycles. The number of fused-ring (bicyclic) bond motifs is 1. The molecule has 1 aliphatic rings. The zero-order valence-corrected chi connectivity index (χ0v) is 23.5. The van der Waals surface area contributed by atoms with Gasteiger partial charge in [0, 0.05) is 28.1 Å². The van der Waals surface area contributed by atoms with Crippen LogP contribution in [0.5, 0.6) is 11.5 Å². The molecule has 9 nitrogen and oxygen atoms in total. The molecule has 3 amide bonds. The van der Waals surface area contributed by atoms with Crippen LogP contribution in [0.25, 0.3) is 22.6 Å². The Balaban J connectivity index is 1.10. The normalized spacial score (nSPS) is 14.8. The number of rotatable bonds is 8. The van der Waals surface area contributed by atoms with Crippen molar-refractivity contribution in [2.45, 2.75) is 16.6 Å². The fourth-order valence-corrected chi connectivity index (χ4v) is 5.73. The number of amides is 3. The Kier molecular flexibility index (Phi) is 7.37. The highest BCUT2D eigenvalue weighted by atomic mass is 32.2. The number of ether oxygens (including phenoxy) is 2. The summed E-state index contributed by atoms with van der Waals surface area (Å²) < 4.78 is 16.3. The molecule has 1 N–H and O–H groups in total. The molecule has 0 spiro atoms. The molecule has 1 atom stereocenters. The first-order valence-corrected chi connectivity index (χ1v) is 13.9. The van der Waals surface area contributed by atoms with Gasteiger partial charge in [-0.2, -0.15) is 0 Å². The first kappa shape index (κ1) is 27.1. The van der Waals surface area contributed by atoms with Crippen LogP contribution in [-0.2, 0) is 9.59 Å². The molecule has 1 aromatic heterocycles. The topological polar surface area (TPSA) is 111 Å². The summed E-state index contributed by atoms with van der Waals surface area (Å²) >= 11 is 1.32. The molecule has 1 aliphatic heterocycles. The van der Waals surface area contributed by atoms with Gasteiger partial charge >= 0.3 is 0 Å². The van der Waals surface area contributed by atoms with Crippen LogP contribution >= 0.6 is 11.8 Å². The molecule has 0 bridgehead atoms. The fourth-order valence-electron chi connectivity index (χ4n) is 4.68. The largest absolute Gasteiger partial charge is 0.493 e. The second-order valence-electron chi connectivity index (χ2n) is 9.46. The number of hydrogen-bond donors (Lipinski definition) is 1. The number of aromatic nitrogens is 1. The highest BCUT2D eigenvalue weighted by Crippen LogP contribution is 2.35. The minimum atomic E-state index is -0.554. The number of methoxy groups -OCH3 is 2. The Morgan fingerprint density at radius 1 is 0.929 bits per heavy atom. The molecule has 0 aliphatic carbocycles. The molecule has 42 heavy (non-hydrogen) atoms. The molecule has 10 heteroatoms. The Labute approximate surface area is 245 Å². The molecule has 5 aromatic rings. The van der Waals surface area contributed by atoms with Crippen LogP contribution in [0.15, 0.2) is 100 Å². The van der Waals surface area contributed by atoms with Crippen molar-refractivity contribution in [3.05, 3.63) is 96.6 Å². The van der Waals surface area contributed by atoms with Crippen molar-refractivity contribution in [2.75, 3.05) is 24.4 Å². The van der Waals surface area contributed by atoms with Gasteiger partial charge in [-0.3, -0.25) is 14.4 Å². The van der Waals surface area contributed by atoms with Crippen molar-refractivity contribution in [2.24, 2.45) is 0 Å². The summed E-state index contributed by atoms with van der Waals surface area (Å²) in [4.78, 5) is 45.3. The highest BCUT2D eigenvalue weighted by molar-refractivity contribution is 8.00. The maximum atomic E-state index is 13.2. The number of anilines is 2. The first-order valence-electron chi connectivity index (χ1n) is 13.1. The smallest absolute Gasteiger partial charge is 0.255 e. The van der Waals surface area contributed by atoms with Gasteiger partial charge in [0.15, 0.2) is 17.1 Å². The van der Waals surface area contributed by atoms with Gasteiger partial charge in [-0.05, 0) is 78.9 Å². The predicted molar refractivity (Wildman–Crippen MR) is 160 cm³/mol. The molecule has 4 aromatic carbocycles. The lowest BCUT2D eigenvalue weighted by atomic mass is 10.2. The number of benzene rings is 4. The molecule has 1 unspecified atom stereocenters. The van der Waals surface area contributed by atoms with Crippen LogP contribution in [0.2, 0.25) is 0 Å². The van der Waals surface area contributed by atoms with E-state index in [0.717, 1.165) is 16.0 Å². The molecule has 6 rings (SSSR count). The highest BCUT2D eigenvalue weighted by Gasteiger charge is 2.40. The number of imide groups is 1. The average Bonchev–Trinajstić information content (AvgIpc) is 3.57. The second kappa shape index (κ2) is 11.4. The van der Waals surface area contributed by atoms with Gasteiger partial charge in [-0.25, -0.2) is 9.88 Å². The van der Waals surface area contributed by atoms with Crippen molar-refractivity contribution in [3.63, 3.8) is 0 Å². The number of carbonyl (C=O) groups excluding carboxylic acids is 3. The van der Waals surface area contributed by atoms with Crippen LogP contribution in [0.1, 0.15) is 16.8 Å². The number of oxazole rings is 1. The minimum absolute atomic E-state index is 0.0914. The Bertz CT molecular complexity index is 1770. The third-order valence-electron chi connectivity index (χ3n) is 6.81. The van der Waals surface area contributed by atoms with Crippen molar-refractivity contribution in [1.82, 2.24) is 4.98 Å². The van der Waals surface area contributed by atoms with Gasteiger partial charge in [0.1, 0.15) is 5.52 Å². The summed E-state index contributed by atoms with van der Waals surface area (Å²) in [5.74, 6) is 0.632. The van der Waals surface area contributed by atoms with Gasteiger partial charge in [-0.15, -0.1) is 11.8 Å². The van der Waals surface area contributed by atoms with E-state index in [-0.39, 0.29) is 24.1 Å². The Morgan fingerprint density at radius 2 is 1.67 bits per heavy atom. The van der Waals surface area contributed by atoms with Crippen molar-refractivity contribution in [1.29, 1.82) is 0 Å². The van der Waals surface area contributed by atoms with E-state index in [0.29, 0.717) is 39.9 Å². The van der Waals surface area contributed by atoms with Crippen LogP contribution in [0.3, 0.4) is 0 Å². The zero-order chi connectivity index (χ0) is 29.2. The quantitative estimate of drug-likeness (QED) is 0.217. The Hall–Kier alpha value is -5.09. The van der Waals surface area contributed by atoms with E-state index in [1.807, 2.05) is 36.4 Å². The zero-order valence-electron chi connectivity index (χ0n) is 22.7. The third-order valence-corrected chi connectivity index (χ3v) is 8.00. The molecule has 210 valence electrons. The monoisotopic (exact) mass is 579 g/mol. The van der Waals surface area contributed by atoms with E-state index in [9.17, 15) is 14.4 Å². The van der Waals surface area contributed by atoms with Gasteiger partial charge in [0.25, 0.3) is 5.91 Å². The van der Waals surface area contributed by atoms with Crippen LogP contribution in [0.4, 0.5) is 11.4 Å². The number of thioether (sulfide) groups is 1. The van der Waals surface area contributed by atoms with Gasteiger partial charge in [0.2, 0.25) is 17.7 Å². The summed E-state index contributed by atoms with van der Waals surface area (Å²) in [6.07, 6.45) is 0.0914. The Morgan fingerprint density at radius 3 is 2.38 bits per heavy atom. The molecule has 2 heterocycles. The van der Waals surface area contributed by atoms with Gasteiger partial charge < -0.3 is 19.2 Å². The summed E-state index contributed by atoms with van der Waals surface area (Å²) in [6.45, 7) is 0. The number of para-hydroxylation sites is 2. The molecular weight excluding hydrogens is 554 g/mol. The van der Waals surface area contributed by atoms with Gasteiger partial charge in [0.05, 0.1) is 25.2 Å². The molecule has 0 saturated carbocycles. The number of nitrogens with one attached hydrogen (secondary N) is 1. The van der Waals surface area contributed by atoms with Crippen molar-refractivity contribution < 1.29 is 28.3 Å². The van der Waals surface area contributed by atoms with E-state index in [1.54, 1.807) is 54.6 Å². The first-order chi connectivity index (χ1) is 20.4.